The number of hydrogen-bond acceptors (Lipinski definition) is 3. The lowest BCUT2D eigenvalue weighted by molar-refractivity contribution is -0.153. The zero-order valence-electron chi connectivity index (χ0n) is 12.2. The van der Waals surface area contributed by atoms with Crippen molar-refractivity contribution in [1.82, 2.24) is 5.32 Å². The Morgan fingerprint density at radius 1 is 1.05 bits per heavy atom. The summed E-state index contributed by atoms with van der Waals surface area (Å²) in [6.45, 7) is 0. The van der Waals surface area contributed by atoms with Gasteiger partial charge in [-0.05, 0) is 38.5 Å². The van der Waals surface area contributed by atoms with Crippen molar-refractivity contribution < 1.29 is 14.3 Å². The van der Waals surface area contributed by atoms with E-state index in [0.717, 1.165) is 38.5 Å². The van der Waals surface area contributed by atoms with E-state index in [-0.39, 0.29) is 24.2 Å². The molecule has 1 atom stereocenters. The summed E-state index contributed by atoms with van der Waals surface area (Å²) in [7, 11) is 0. The minimum Gasteiger partial charge on any atom is -0.458 e. The zero-order valence-corrected chi connectivity index (χ0v) is 12.2. The van der Waals surface area contributed by atoms with E-state index in [1.807, 2.05) is 0 Å². The van der Waals surface area contributed by atoms with Crippen LogP contribution in [0.15, 0.2) is 0 Å². The lowest BCUT2D eigenvalue weighted by Crippen LogP contribution is -2.48. The zero-order chi connectivity index (χ0) is 14.0. The van der Waals surface area contributed by atoms with E-state index in [1.54, 1.807) is 0 Å². The number of carbonyl (C=O) groups is 2. The first kappa shape index (κ1) is 13.9. The second-order valence-electron chi connectivity index (χ2n) is 6.70. The molecule has 0 unspecified atom stereocenters. The monoisotopic (exact) mass is 279 g/mol. The van der Waals surface area contributed by atoms with Crippen molar-refractivity contribution in [3.05, 3.63) is 0 Å². The normalized spacial score (nSPS) is 30.2. The summed E-state index contributed by atoms with van der Waals surface area (Å²) in [6.07, 6.45) is 11.2. The predicted octanol–water partition coefficient (Wildman–Crippen LogP) is 2.70. The van der Waals surface area contributed by atoms with Crippen molar-refractivity contribution in [1.29, 1.82) is 0 Å². The van der Waals surface area contributed by atoms with Gasteiger partial charge in [-0.15, -0.1) is 0 Å². The third-order valence-electron chi connectivity index (χ3n) is 5.29. The van der Waals surface area contributed by atoms with Gasteiger partial charge in [-0.3, -0.25) is 9.59 Å². The summed E-state index contributed by atoms with van der Waals surface area (Å²) in [4.78, 5) is 24.3. The second-order valence-corrected chi connectivity index (χ2v) is 6.70. The molecule has 0 aromatic heterocycles. The van der Waals surface area contributed by atoms with Gasteiger partial charge in [0.05, 0.1) is 12.3 Å². The number of esters is 1. The van der Waals surface area contributed by atoms with E-state index in [1.165, 1.54) is 25.7 Å². The summed E-state index contributed by atoms with van der Waals surface area (Å²) in [5.74, 6) is -0.377. The molecule has 3 aliphatic rings. The second kappa shape index (κ2) is 5.74. The Bertz CT molecular complexity index is 381. The van der Waals surface area contributed by atoms with E-state index < -0.39 is 5.60 Å². The van der Waals surface area contributed by atoms with Crippen LogP contribution in [0.2, 0.25) is 0 Å². The molecule has 3 rings (SSSR count). The Balaban J connectivity index is 1.66. The average Bonchev–Trinajstić information content (AvgIpc) is 2.77. The third kappa shape index (κ3) is 2.70. The third-order valence-corrected chi connectivity index (χ3v) is 5.29. The van der Waals surface area contributed by atoms with Crippen LogP contribution in [0.1, 0.15) is 70.6 Å². The van der Waals surface area contributed by atoms with Gasteiger partial charge in [0.25, 0.3) is 0 Å². The summed E-state index contributed by atoms with van der Waals surface area (Å²) in [5.41, 5.74) is -0.478. The molecular formula is C16H25NO3. The Morgan fingerprint density at radius 3 is 2.40 bits per heavy atom. The quantitative estimate of drug-likeness (QED) is 0.791. The van der Waals surface area contributed by atoms with Crippen LogP contribution in [0.4, 0.5) is 0 Å². The maximum Gasteiger partial charge on any atom is 0.307 e. The molecule has 4 heteroatoms. The number of hydrogen-bond donors (Lipinski definition) is 1. The molecular weight excluding hydrogens is 254 g/mol. The molecule has 2 aliphatic carbocycles. The highest BCUT2D eigenvalue weighted by molar-refractivity contribution is 5.88. The van der Waals surface area contributed by atoms with Crippen LogP contribution in [0.25, 0.3) is 0 Å². The fourth-order valence-corrected chi connectivity index (χ4v) is 4.17. The van der Waals surface area contributed by atoms with Crippen molar-refractivity contribution in [2.45, 2.75) is 82.3 Å². The van der Waals surface area contributed by atoms with Crippen molar-refractivity contribution in [3.8, 4) is 0 Å². The van der Waals surface area contributed by atoms with Crippen LogP contribution in [0.5, 0.6) is 0 Å². The molecule has 1 amide bonds. The van der Waals surface area contributed by atoms with Crippen molar-refractivity contribution in [3.63, 3.8) is 0 Å². The molecule has 1 N–H and O–H groups in total. The van der Waals surface area contributed by atoms with Crippen LogP contribution >= 0.6 is 0 Å². The SMILES string of the molecule is O=C1C[C@@H](C(=O)NC2CCCCC2)C2(CCCCC2)O1. The molecule has 1 spiro atoms. The van der Waals surface area contributed by atoms with Gasteiger partial charge >= 0.3 is 5.97 Å². The number of amides is 1. The number of carbonyl (C=O) groups excluding carboxylic acids is 2. The van der Waals surface area contributed by atoms with Crippen molar-refractivity contribution >= 4 is 11.9 Å². The van der Waals surface area contributed by atoms with E-state index >= 15 is 0 Å². The van der Waals surface area contributed by atoms with E-state index in [9.17, 15) is 9.59 Å². The molecule has 4 nitrogen and oxygen atoms in total. The van der Waals surface area contributed by atoms with Gasteiger partial charge < -0.3 is 10.1 Å². The van der Waals surface area contributed by atoms with Gasteiger partial charge in [0, 0.05) is 6.04 Å². The van der Waals surface area contributed by atoms with E-state index in [4.69, 9.17) is 4.74 Å². The van der Waals surface area contributed by atoms with Gasteiger partial charge in [-0.25, -0.2) is 0 Å². The van der Waals surface area contributed by atoms with E-state index in [0.29, 0.717) is 6.04 Å². The molecule has 1 saturated heterocycles. The highest BCUT2D eigenvalue weighted by Crippen LogP contribution is 2.44. The van der Waals surface area contributed by atoms with Gasteiger partial charge in [0.15, 0.2) is 0 Å². The minimum atomic E-state index is -0.478. The molecule has 0 radical (unpaired) electrons. The molecule has 0 aromatic rings. The van der Waals surface area contributed by atoms with Crippen molar-refractivity contribution in [2.75, 3.05) is 0 Å². The van der Waals surface area contributed by atoms with E-state index in [2.05, 4.69) is 5.32 Å². The molecule has 1 aliphatic heterocycles. The largest absolute Gasteiger partial charge is 0.458 e. The Labute approximate surface area is 120 Å². The van der Waals surface area contributed by atoms with Gasteiger partial charge in [-0.2, -0.15) is 0 Å². The number of ether oxygens (including phenoxy) is 1. The first-order valence-electron chi connectivity index (χ1n) is 8.22. The smallest absolute Gasteiger partial charge is 0.307 e. The fourth-order valence-electron chi connectivity index (χ4n) is 4.17. The Hall–Kier alpha value is -1.06. The van der Waals surface area contributed by atoms with Gasteiger partial charge in [-0.1, -0.05) is 25.7 Å². The first-order valence-corrected chi connectivity index (χ1v) is 8.22. The van der Waals surface area contributed by atoms with Crippen LogP contribution in [-0.4, -0.2) is 23.5 Å². The Morgan fingerprint density at radius 2 is 1.70 bits per heavy atom. The standard InChI is InChI=1S/C16H25NO3/c18-14-11-13(16(20-14)9-5-2-6-10-16)15(19)17-12-7-3-1-4-8-12/h12-13H,1-11H2,(H,17,19)/t13-/m0/s1. The summed E-state index contributed by atoms with van der Waals surface area (Å²) in [6, 6.07) is 0.313. The maximum atomic E-state index is 12.6. The minimum absolute atomic E-state index is 0.0599. The van der Waals surface area contributed by atoms with Gasteiger partial charge in [0.2, 0.25) is 5.91 Å². The predicted molar refractivity (Wildman–Crippen MR) is 75.0 cm³/mol. The van der Waals surface area contributed by atoms with Crippen LogP contribution in [0, 0.1) is 5.92 Å². The highest BCUT2D eigenvalue weighted by atomic mass is 16.6. The average molecular weight is 279 g/mol. The van der Waals surface area contributed by atoms with Crippen LogP contribution < -0.4 is 5.32 Å². The molecule has 20 heavy (non-hydrogen) atoms. The first-order chi connectivity index (χ1) is 9.70. The number of rotatable bonds is 2. The lowest BCUT2D eigenvalue weighted by atomic mass is 9.75. The number of nitrogens with one attached hydrogen (secondary N) is 1. The van der Waals surface area contributed by atoms with Crippen LogP contribution in [0.3, 0.4) is 0 Å². The summed E-state index contributed by atoms with van der Waals surface area (Å²) in [5, 5.41) is 3.18. The topological polar surface area (TPSA) is 55.4 Å². The van der Waals surface area contributed by atoms with Crippen LogP contribution in [-0.2, 0) is 14.3 Å². The highest BCUT2D eigenvalue weighted by Gasteiger charge is 2.52. The fraction of sp³-hybridized carbons (Fsp3) is 0.875. The van der Waals surface area contributed by atoms with Gasteiger partial charge in [0.1, 0.15) is 5.60 Å². The molecule has 0 aromatic carbocycles. The molecule has 1 heterocycles. The maximum absolute atomic E-state index is 12.6. The molecule has 2 saturated carbocycles. The summed E-state index contributed by atoms with van der Waals surface area (Å²) < 4.78 is 5.61. The molecule has 112 valence electrons. The molecule has 0 bridgehead atoms. The van der Waals surface area contributed by atoms with Crippen molar-refractivity contribution in [2.24, 2.45) is 5.92 Å². The summed E-state index contributed by atoms with van der Waals surface area (Å²) >= 11 is 0. The lowest BCUT2D eigenvalue weighted by Gasteiger charge is -2.36. The molecule has 3 fully saturated rings. The Kier molecular flexibility index (Phi) is 3.99.